The van der Waals surface area contributed by atoms with E-state index in [-0.39, 0.29) is 29.6 Å². The van der Waals surface area contributed by atoms with E-state index in [1.54, 1.807) is 0 Å². The Morgan fingerprint density at radius 2 is 2.10 bits per heavy atom. The van der Waals surface area contributed by atoms with E-state index in [9.17, 15) is 18.0 Å². The molecule has 2 aromatic rings. The third kappa shape index (κ3) is 4.09. The highest BCUT2D eigenvalue weighted by molar-refractivity contribution is 5.90. The van der Waals surface area contributed by atoms with Crippen LogP contribution in [0.25, 0.3) is 0 Å². The van der Waals surface area contributed by atoms with E-state index in [1.165, 1.54) is 18.2 Å². The summed E-state index contributed by atoms with van der Waals surface area (Å²) in [5, 5.41) is 8.13. The predicted molar refractivity (Wildman–Crippen MR) is 65.1 cm³/mol. The number of rotatable bonds is 4. The maximum Gasteiger partial charge on any atom is 0.573 e. The number of anilines is 1. The number of aromatic amines is 1. The highest BCUT2D eigenvalue weighted by Gasteiger charge is 2.32. The number of H-pyrrole nitrogens is 1. The molecule has 0 atom stereocenters. The van der Waals surface area contributed by atoms with E-state index in [0.717, 1.165) is 6.07 Å². The van der Waals surface area contributed by atoms with Gasteiger partial charge in [-0.3, -0.25) is 9.89 Å². The molecule has 0 spiro atoms. The van der Waals surface area contributed by atoms with Gasteiger partial charge < -0.3 is 15.8 Å². The fraction of sp³-hybridized carbons (Fsp3) is 0.182. The fourth-order valence-electron chi connectivity index (χ4n) is 1.51. The Kier molecular flexibility index (Phi) is 3.96. The molecule has 2 rings (SSSR count). The van der Waals surface area contributed by atoms with Gasteiger partial charge in [0, 0.05) is 12.1 Å². The number of carbonyl (C=O) groups is 1. The number of hydrogen-bond donors (Lipinski definition) is 3. The number of halogens is 3. The maximum absolute atomic E-state index is 12.2. The van der Waals surface area contributed by atoms with Crippen LogP contribution in [0.4, 0.5) is 19.1 Å². The smallest absolute Gasteiger partial charge is 0.405 e. The molecule has 0 saturated carbocycles. The monoisotopic (exact) mass is 301 g/mol. The minimum atomic E-state index is -4.81. The van der Waals surface area contributed by atoms with Crippen molar-refractivity contribution in [3.05, 3.63) is 35.7 Å². The van der Waals surface area contributed by atoms with Crippen LogP contribution in [0.2, 0.25) is 0 Å². The third-order valence-corrected chi connectivity index (χ3v) is 2.36. The first-order valence-electron chi connectivity index (χ1n) is 5.65. The number of aromatic nitrogens is 3. The Hall–Kier alpha value is -2.78. The zero-order valence-corrected chi connectivity index (χ0v) is 10.4. The number of nitrogens with two attached hydrogens (primary N) is 1. The molecule has 10 heteroatoms. The lowest BCUT2D eigenvalue weighted by molar-refractivity contribution is -0.274. The molecule has 1 amide bonds. The Balaban J connectivity index is 2.05. The van der Waals surface area contributed by atoms with Crippen LogP contribution in [0.3, 0.4) is 0 Å². The van der Waals surface area contributed by atoms with Gasteiger partial charge in [0.25, 0.3) is 5.91 Å². The van der Waals surface area contributed by atoms with Crippen LogP contribution in [0.1, 0.15) is 16.2 Å². The molecule has 0 saturated heterocycles. The number of ether oxygens (including phenoxy) is 1. The number of para-hydroxylation sites is 1. The van der Waals surface area contributed by atoms with Gasteiger partial charge in [0.2, 0.25) is 11.8 Å². The maximum atomic E-state index is 12.2. The van der Waals surface area contributed by atoms with Crippen LogP contribution >= 0.6 is 0 Å². The molecule has 0 fully saturated rings. The molecule has 0 aliphatic carbocycles. The van der Waals surface area contributed by atoms with E-state index >= 15 is 0 Å². The molecular weight excluding hydrogens is 291 g/mol. The molecule has 7 nitrogen and oxygen atoms in total. The lowest BCUT2D eigenvalue weighted by atomic mass is 10.2. The number of amides is 1. The second-order valence-corrected chi connectivity index (χ2v) is 3.88. The molecule has 4 N–H and O–H groups in total. The van der Waals surface area contributed by atoms with Gasteiger partial charge in [0.15, 0.2) is 0 Å². The first-order valence-corrected chi connectivity index (χ1v) is 5.65. The molecule has 0 bridgehead atoms. The summed E-state index contributed by atoms with van der Waals surface area (Å²) >= 11 is 0. The standard InChI is InChI=1S/C11H10F3N5O2/c12-11(13,14)21-7-4-2-1-3-6(7)5-16-9(20)8-17-10(15)19-18-8/h1-4H,5H2,(H,16,20)(H3,15,17,18,19). The lowest BCUT2D eigenvalue weighted by Gasteiger charge is -2.13. The summed E-state index contributed by atoms with van der Waals surface area (Å²) in [6, 6.07) is 5.47. The van der Waals surface area contributed by atoms with Crippen molar-refractivity contribution in [3.8, 4) is 5.75 Å². The summed E-state index contributed by atoms with van der Waals surface area (Å²) in [6.45, 7) is -0.175. The zero-order valence-electron chi connectivity index (χ0n) is 10.4. The summed E-state index contributed by atoms with van der Waals surface area (Å²) in [5.74, 6) is -1.29. The second kappa shape index (κ2) is 5.69. The number of nitrogen functional groups attached to an aromatic ring is 1. The number of hydrogen-bond acceptors (Lipinski definition) is 5. The zero-order chi connectivity index (χ0) is 15.5. The third-order valence-electron chi connectivity index (χ3n) is 2.36. The molecule has 1 aromatic heterocycles. The predicted octanol–water partition coefficient (Wildman–Crippen LogP) is 1.22. The van der Waals surface area contributed by atoms with Gasteiger partial charge in [-0.1, -0.05) is 18.2 Å². The van der Waals surface area contributed by atoms with Gasteiger partial charge in [-0.25, -0.2) is 0 Å². The number of carbonyl (C=O) groups excluding carboxylic acids is 1. The van der Waals surface area contributed by atoms with Gasteiger partial charge >= 0.3 is 6.36 Å². The molecule has 112 valence electrons. The molecular formula is C11H10F3N5O2. The fourth-order valence-corrected chi connectivity index (χ4v) is 1.51. The Morgan fingerprint density at radius 3 is 2.71 bits per heavy atom. The van der Waals surface area contributed by atoms with Gasteiger partial charge in [-0.05, 0) is 6.07 Å². The molecule has 1 heterocycles. The largest absolute Gasteiger partial charge is 0.573 e. The molecule has 0 unspecified atom stereocenters. The van der Waals surface area contributed by atoms with Crippen molar-refractivity contribution in [2.45, 2.75) is 12.9 Å². The van der Waals surface area contributed by atoms with Crippen LogP contribution in [0.15, 0.2) is 24.3 Å². The number of alkyl halides is 3. The minimum Gasteiger partial charge on any atom is -0.405 e. The SMILES string of the molecule is Nc1n[nH]c(C(=O)NCc2ccccc2OC(F)(F)F)n1. The molecule has 0 aliphatic rings. The Bertz CT molecular complexity index is 641. The summed E-state index contributed by atoms with van der Waals surface area (Å²) < 4.78 is 40.6. The highest BCUT2D eigenvalue weighted by Crippen LogP contribution is 2.26. The van der Waals surface area contributed by atoms with Crippen LogP contribution in [0, 0.1) is 0 Å². The van der Waals surface area contributed by atoms with Crippen molar-refractivity contribution >= 4 is 11.9 Å². The van der Waals surface area contributed by atoms with Crippen LogP contribution in [-0.4, -0.2) is 27.5 Å². The van der Waals surface area contributed by atoms with Gasteiger partial charge in [-0.2, -0.15) is 4.98 Å². The molecule has 1 aromatic carbocycles. The molecule has 0 aliphatic heterocycles. The first-order chi connectivity index (χ1) is 9.85. The normalized spacial score (nSPS) is 11.2. The first kappa shape index (κ1) is 14.6. The van der Waals surface area contributed by atoms with Gasteiger partial charge in [-0.15, -0.1) is 18.3 Å². The van der Waals surface area contributed by atoms with Gasteiger partial charge in [0.05, 0.1) is 0 Å². The van der Waals surface area contributed by atoms with Crippen LogP contribution < -0.4 is 15.8 Å². The Morgan fingerprint density at radius 1 is 1.38 bits per heavy atom. The van der Waals surface area contributed by atoms with Crippen molar-refractivity contribution in [2.24, 2.45) is 0 Å². The highest BCUT2D eigenvalue weighted by atomic mass is 19.4. The van der Waals surface area contributed by atoms with Crippen LogP contribution in [0.5, 0.6) is 5.75 Å². The topological polar surface area (TPSA) is 106 Å². The second-order valence-electron chi connectivity index (χ2n) is 3.88. The summed E-state index contributed by atoms with van der Waals surface area (Å²) in [6.07, 6.45) is -4.81. The van der Waals surface area contributed by atoms with E-state index in [0.29, 0.717) is 0 Å². The van der Waals surface area contributed by atoms with Crippen molar-refractivity contribution in [1.82, 2.24) is 20.5 Å². The summed E-state index contributed by atoms with van der Waals surface area (Å²) in [5.41, 5.74) is 5.40. The van der Waals surface area contributed by atoms with Gasteiger partial charge in [0.1, 0.15) is 5.75 Å². The Labute approximate surface area is 116 Å². The van der Waals surface area contributed by atoms with Crippen molar-refractivity contribution in [2.75, 3.05) is 5.73 Å². The quantitative estimate of drug-likeness (QED) is 0.787. The summed E-state index contributed by atoms with van der Waals surface area (Å²) in [7, 11) is 0. The molecule has 21 heavy (non-hydrogen) atoms. The summed E-state index contributed by atoms with van der Waals surface area (Å²) in [4.78, 5) is 15.3. The molecule has 0 radical (unpaired) electrons. The van der Waals surface area contributed by atoms with Crippen molar-refractivity contribution in [1.29, 1.82) is 0 Å². The van der Waals surface area contributed by atoms with E-state index in [1.807, 2.05) is 0 Å². The van der Waals surface area contributed by atoms with Crippen molar-refractivity contribution in [3.63, 3.8) is 0 Å². The number of nitrogens with zero attached hydrogens (tertiary/aromatic N) is 2. The number of benzene rings is 1. The number of nitrogens with one attached hydrogen (secondary N) is 2. The lowest BCUT2D eigenvalue weighted by Crippen LogP contribution is -2.25. The van der Waals surface area contributed by atoms with E-state index < -0.39 is 12.3 Å². The minimum absolute atomic E-state index is 0.110. The van der Waals surface area contributed by atoms with E-state index in [4.69, 9.17) is 5.73 Å². The van der Waals surface area contributed by atoms with Crippen molar-refractivity contribution < 1.29 is 22.7 Å². The van der Waals surface area contributed by atoms with Crippen LogP contribution in [-0.2, 0) is 6.54 Å². The van der Waals surface area contributed by atoms with E-state index in [2.05, 4.69) is 25.2 Å². The average Bonchev–Trinajstić information content (AvgIpc) is 2.82. The average molecular weight is 301 g/mol.